The van der Waals surface area contributed by atoms with Gasteiger partial charge in [-0.2, -0.15) is 0 Å². The van der Waals surface area contributed by atoms with E-state index in [1.807, 2.05) is 30.9 Å². The topological polar surface area (TPSA) is 41.6 Å². The first-order valence-electron chi connectivity index (χ1n) is 7.38. The van der Waals surface area contributed by atoms with Gasteiger partial charge in [0.15, 0.2) is 0 Å². The summed E-state index contributed by atoms with van der Waals surface area (Å²) in [5.74, 6) is 0.856. The van der Waals surface area contributed by atoms with Crippen molar-refractivity contribution in [3.8, 4) is 5.75 Å². The minimum Gasteiger partial charge on any atom is -0.492 e. The van der Waals surface area contributed by atoms with Gasteiger partial charge in [-0.3, -0.25) is 4.79 Å². The van der Waals surface area contributed by atoms with Gasteiger partial charge in [-0.05, 0) is 31.4 Å². The van der Waals surface area contributed by atoms with Crippen molar-refractivity contribution < 1.29 is 9.53 Å². The molecular formula is C16H24N2O2. The maximum atomic E-state index is 12.8. The minimum atomic E-state index is 0.0961. The maximum Gasteiger partial charge on any atom is 0.257 e. The summed E-state index contributed by atoms with van der Waals surface area (Å²) in [7, 11) is 0. The molecule has 20 heavy (non-hydrogen) atoms. The summed E-state index contributed by atoms with van der Waals surface area (Å²) in [4.78, 5) is 14.7. The van der Waals surface area contributed by atoms with Crippen LogP contribution in [0.3, 0.4) is 0 Å². The van der Waals surface area contributed by atoms with E-state index >= 15 is 0 Å². The third-order valence-corrected chi connectivity index (χ3v) is 3.63. The zero-order chi connectivity index (χ0) is 14.5. The summed E-state index contributed by atoms with van der Waals surface area (Å²) in [5, 5.41) is 3.27. The number of amides is 1. The highest BCUT2D eigenvalue weighted by Gasteiger charge is 2.24. The third-order valence-electron chi connectivity index (χ3n) is 3.63. The lowest BCUT2D eigenvalue weighted by atomic mass is 10.0. The Morgan fingerprint density at radius 2 is 1.90 bits per heavy atom. The number of ether oxygens (including phenoxy) is 1. The molecule has 0 unspecified atom stereocenters. The molecule has 1 amide bonds. The number of nitrogens with one attached hydrogen (secondary N) is 1. The second-order valence-electron chi connectivity index (χ2n) is 5.29. The van der Waals surface area contributed by atoms with Crippen LogP contribution in [0.15, 0.2) is 12.1 Å². The number of rotatable bonds is 4. The Kier molecular flexibility index (Phi) is 5.01. The maximum absolute atomic E-state index is 12.8. The fourth-order valence-corrected chi connectivity index (χ4v) is 2.47. The Hall–Kier alpha value is -1.55. The number of nitrogens with zero attached hydrogens (tertiary/aromatic N) is 1. The van der Waals surface area contributed by atoms with Crippen molar-refractivity contribution in [2.24, 2.45) is 0 Å². The average Bonchev–Trinajstić information content (AvgIpc) is 2.48. The van der Waals surface area contributed by atoms with E-state index in [-0.39, 0.29) is 5.91 Å². The van der Waals surface area contributed by atoms with Crippen molar-refractivity contribution >= 4 is 5.91 Å². The summed E-state index contributed by atoms with van der Waals surface area (Å²) in [5.41, 5.74) is 2.76. The Bertz CT molecular complexity index is 480. The van der Waals surface area contributed by atoms with E-state index < -0.39 is 0 Å². The quantitative estimate of drug-likeness (QED) is 0.916. The molecule has 0 aromatic heterocycles. The molecule has 0 bridgehead atoms. The molecule has 1 aliphatic rings. The molecule has 110 valence electrons. The summed E-state index contributed by atoms with van der Waals surface area (Å²) in [6.07, 6.45) is 0.939. The lowest BCUT2D eigenvalue weighted by Gasteiger charge is -2.29. The van der Waals surface area contributed by atoms with Crippen LogP contribution in [0.25, 0.3) is 0 Å². The first kappa shape index (κ1) is 14.9. The van der Waals surface area contributed by atoms with Crippen LogP contribution in [-0.4, -0.2) is 43.6 Å². The molecular weight excluding hydrogens is 252 g/mol. The van der Waals surface area contributed by atoms with E-state index in [9.17, 15) is 4.79 Å². The molecule has 4 nitrogen and oxygen atoms in total. The lowest BCUT2D eigenvalue weighted by molar-refractivity contribution is 0.0730. The number of carbonyl (C=O) groups is 1. The molecule has 1 heterocycles. The summed E-state index contributed by atoms with van der Waals surface area (Å²) in [6, 6.07) is 4.03. The smallest absolute Gasteiger partial charge is 0.257 e. The summed E-state index contributed by atoms with van der Waals surface area (Å²) >= 11 is 0. The van der Waals surface area contributed by atoms with Gasteiger partial charge in [-0.1, -0.05) is 19.1 Å². The molecule has 0 spiro atoms. The zero-order valence-corrected chi connectivity index (χ0v) is 12.7. The van der Waals surface area contributed by atoms with Gasteiger partial charge >= 0.3 is 0 Å². The Morgan fingerprint density at radius 3 is 2.55 bits per heavy atom. The largest absolute Gasteiger partial charge is 0.492 e. The molecule has 1 fully saturated rings. The van der Waals surface area contributed by atoms with E-state index in [4.69, 9.17) is 4.74 Å². The van der Waals surface area contributed by atoms with Crippen molar-refractivity contribution in [3.05, 3.63) is 28.8 Å². The fraction of sp³-hybridized carbons (Fsp3) is 0.562. The van der Waals surface area contributed by atoms with Gasteiger partial charge in [0.2, 0.25) is 0 Å². The summed E-state index contributed by atoms with van der Waals surface area (Å²) in [6.45, 7) is 9.95. The van der Waals surface area contributed by atoms with Crippen LogP contribution in [0.1, 0.15) is 34.8 Å². The monoisotopic (exact) mass is 276 g/mol. The molecule has 1 aromatic carbocycles. The van der Waals surface area contributed by atoms with Crippen molar-refractivity contribution in [2.75, 3.05) is 32.8 Å². The summed E-state index contributed by atoms with van der Waals surface area (Å²) < 4.78 is 5.85. The number of aryl methyl sites for hydroxylation is 2. The number of carbonyl (C=O) groups excluding carboxylic acids is 1. The number of hydrogen-bond acceptors (Lipinski definition) is 3. The first-order valence-corrected chi connectivity index (χ1v) is 7.38. The van der Waals surface area contributed by atoms with Gasteiger partial charge in [0.05, 0.1) is 12.2 Å². The zero-order valence-electron chi connectivity index (χ0n) is 12.7. The minimum absolute atomic E-state index is 0.0961. The highest BCUT2D eigenvalue weighted by atomic mass is 16.5. The molecule has 2 rings (SSSR count). The van der Waals surface area contributed by atoms with E-state index in [1.165, 1.54) is 0 Å². The van der Waals surface area contributed by atoms with Crippen LogP contribution >= 0.6 is 0 Å². The van der Waals surface area contributed by atoms with Gasteiger partial charge in [0.1, 0.15) is 5.75 Å². The lowest BCUT2D eigenvalue weighted by Crippen LogP contribution is -2.46. The average molecular weight is 276 g/mol. The van der Waals surface area contributed by atoms with Crippen LogP contribution in [0.5, 0.6) is 5.75 Å². The van der Waals surface area contributed by atoms with Crippen molar-refractivity contribution in [3.63, 3.8) is 0 Å². The molecule has 0 atom stereocenters. The number of piperazine rings is 1. The molecule has 1 aliphatic heterocycles. The fourth-order valence-electron chi connectivity index (χ4n) is 2.47. The highest BCUT2D eigenvalue weighted by Crippen LogP contribution is 2.28. The number of benzene rings is 1. The van der Waals surface area contributed by atoms with Crippen LogP contribution in [0.2, 0.25) is 0 Å². The Balaban J connectivity index is 2.32. The standard InChI is InChI=1S/C16H24N2O2/c1-4-11-20-15-13(3)6-5-12(2)14(15)16(19)18-9-7-17-8-10-18/h5-6,17H,4,7-11H2,1-3H3. The molecule has 1 aromatic rings. The van der Waals surface area contributed by atoms with Crippen molar-refractivity contribution in [1.29, 1.82) is 0 Å². The van der Waals surface area contributed by atoms with E-state index in [2.05, 4.69) is 12.2 Å². The molecule has 0 saturated carbocycles. The number of hydrogen-bond donors (Lipinski definition) is 1. The molecule has 4 heteroatoms. The van der Waals surface area contributed by atoms with Gasteiger partial charge in [0.25, 0.3) is 5.91 Å². The second kappa shape index (κ2) is 6.75. The van der Waals surface area contributed by atoms with E-state index in [1.54, 1.807) is 0 Å². The predicted octanol–water partition coefficient (Wildman–Crippen LogP) is 2.14. The molecule has 1 saturated heterocycles. The Morgan fingerprint density at radius 1 is 1.25 bits per heavy atom. The van der Waals surface area contributed by atoms with Gasteiger partial charge < -0.3 is 15.0 Å². The normalized spacial score (nSPS) is 15.2. The van der Waals surface area contributed by atoms with E-state index in [0.717, 1.165) is 55.0 Å². The SMILES string of the molecule is CCCOc1c(C)ccc(C)c1C(=O)N1CCNCC1. The highest BCUT2D eigenvalue weighted by molar-refractivity contribution is 5.99. The van der Waals surface area contributed by atoms with E-state index in [0.29, 0.717) is 6.61 Å². The van der Waals surface area contributed by atoms with Gasteiger partial charge in [-0.15, -0.1) is 0 Å². The van der Waals surface area contributed by atoms with Crippen LogP contribution in [-0.2, 0) is 0 Å². The molecule has 0 aliphatic carbocycles. The van der Waals surface area contributed by atoms with Gasteiger partial charge in [-0.25, -0.2) is 0 Å². The van der Waals surface area contributed by atoms with Crippen LogP contribution in [0, 0.1) is 13.8 Å². The van der Waals surface area contributed by atoms with Gasteiger partial charge in [0, 0.05) is 26.2 Å². The predicted molar refractivity (Wildman–Crippen MR) is 80.5 cm³/mol. The first-order chi connectivity index (χ1) is 9.65. The molecule has 1 N–H and O–H groups in total. The third kappa shape index (κ3) is 3.12. The van der Waals surface area contributed by atoms with Crippen LogP contribution in [0.4, 0.5) is 0 Å². The van der Waals surface area contributed by atoms with Crippen LogP contribution < -0.4 is 10.1 Å². The van der Waals surface area contributed by atoms with Crippen molar-refractivity contribution in [2.45, 2.75) is 27.2 Å². The second-order valence-corrected chi connectivity index (χ2v) is 5.29. The Labute approximate surface area is 121 Å². The van der Waals surface area contributed by atoms with Crippen molar-refractivity contribution in [1.82, 2.24) is 10.2 Å². The molecule has 0 radical (unpaired) electrons.